The van der Waals surface area contributed by atoms with E-state index in [9.17, 15) is 9.59 Å². The number of hydrogen-bond acceptors (Lipinski definition) is 3. The van der Waals surface area contributed by atoms with Gasteiger partial charge in [0.1, 0.15) is 0 Å². The summed E-state index contributed by atoms with van der Waals surface area (Å²) < 4.78 is 5.90. The summed E-state index contributed by atoms with van der Waals surface area (Å²) in [5.74, 6) is -0.0147. The van der Waals surface area contributed by atoms with Gasteiger partial charge in [0.05, 0.1) is 38.5 Å². The minimum absolute atomic E-state index is 0.0147. The van der Waals surface area contributed by atoms with Crippen molar-refractivity contribution in [3.63, 3.8) is 0 Å². The van der Waals surface area contributed by atoms with E-state index in [1.807, 2.05) is 32.0 Å². The summed E-state index contributed by atoms with van der Waals surface area (Å²) in [6.45, 7) is 8.81. The Bertz CT molecular complexity index is 601. The molecule has 0 saturated carbocycles. The first-order chi connectivity index (χ1) is 11.4. The van der Waals surface area contributed by atoms with Crippen LogP contribution in [0.3, 0.4) is 0 Å². The van der Waals surface area contributed by atoms with E-state index in [1.165, 1.54) is 4.90 Å². The lowest BCUT2D eigenvalue weighted by molar-refractivity contribution is -0.917. The Morgan fingerprint density at radius 2 is 2.04 bits per heavy atom. The van der Waals surface area contributed by atoms with E-state index in [-0.39, 0.29) is 18.0 Å². The van der Waals surface area contributed by atoms with Crippen molar-refractivity contribution < 1.29 is 19.2 Å². The fourth-order valence-corrected chi connectivity index (χ4v) is 3.36. The number of carbonyl (C=O) groups excluding carboxylic acids is 2. The number of nitrogens with one attached hydrogen (secondary N) is 2. The number of carbonyl (C=O) groups is 2. The summed E-state index contributed by atoms with van der Waals surface area (Å²) >= 11 is 3.48. The first-order valence-electron chi connectivity index (χ1n) is 8.25. The molecule has 1 saturated heterocycles. The fraction of sp³-hybridized carbons (Fsp3) is 0.529. The van der Waals surface area contributed by atoms with Crippen molar-refractivity contribution in [1.29, 1.82) is 0 Å². The van der Waals surface area contributed by atoms with Crippen LogP contribution in [0.1, 0.15) is 19.4 Å². The van der Waals surface area contributed by atoms with Crippen molar-refractivity contribution in [2.45, 2.75) is 26.8 Å². The maximum absolute atomic E-state index is 12.5. The van der Waals surface area contributed by atoms with Gasteiger partial charge < -0.3 is 15.0 Å². The predicted molar refractivity (Wildman–Crippen MR) is 96.3 cm³/mol. The van der Waals surface area contributed by atoms with E-state index in [2.05, 4.69) is 21.2 Å². The molecule has 0 unspecified atom stereocenters. The predicted octanol–water partition coefficient (Wildman–Crippen LogP) is 1.44. The minimum Gasteiger partial charge on any atom is -0.450 e. The molecule has 1 aromatic rings. The molecule has 2 N–H and O–H groups in total. The lowest BCUT2D eigenvalue weighted by Gasteiger charge is -2.34. The monoisotopic (exact) mass is 398 g/mol. The van der Waals surface area contributed by atoms with Gasteiger partial charge in [-0.1, -0.05) is 6.07 Å². The van der Waals surface area contributed by atoms with Crippen LogP contribution >= 0.6 is 15.9 Å². The molecule has 6 nitrogen and oxygen atoms in total. The highest BCUT2D eigenvalue weighted by Gasteiger charge is 2.31. The van der Waals surface area contributed by atoms with Crippen LogP contribution < -0.4 is 10.2 Å². The van der Waals surface area contributed by atoms with Gasteiger partial charge >= 0.3 is 6.09 Å². The summed E-state index contributed by atoms with van der Waals surface area (Å²) in [7, 11) is 0. The lowest BCUT2D eigenvalue weighted by atomic mass is 10.2. The van der Waals surface area contributed by atoms with Gasteiger partial charge in [0.15, 0.2) is 6.04 Å². The molecule has 0 radical (unpaired) electrons. The molecule has 1 atom stereocenters. The molecule has 1 aliphatic heterocycles. The quantitative estimate of drug-likeness (QED) is 0.806. The van der Waals surface area contributed by atoms with E-state index in [0.29, 0.717) is 19.7 Å². The van der Waals surface area contributed by atoms with Crippen molar-refractivity contribution in [3.8, 4) is 0 Å². The molecule has 2 rings (SSSR count). The number of hydrogen-bond donors (Lipinski definition) is 2. The van der Waals surface area contributed by atoms with Crippen molar-refractivity contribution in [3.05, 3.63) is 28.2 Å². The van der Waals surface area contributed by atoms with Gasteiger partial charge in [-0.15, -0.1) is 0 Å². The normalized spacial score (nSPS) is 16.6. The third kappa shape index (κ3) is 4.70. The topological polar surface area (TPSA) is 63.1 Å². The van der Waals surface area contributed by atoms with Crippen LogP contribution in [0.2, 0.25) is 0 Å². The number of benzene rings is 1. The van der Waals surface area contributed by atoms with Crippen LogP contribution in [0.5, 0.6) is 0 Å². The zero-order valence-corrected chi connectivity index (χ0v) is 16.0. The molecule has 0 aliphatic carbocycles. The van der Waals surface area contributed by atoms with E-state index in [0.717, 1.165) is 28.8 Å². The Morgan fingerprint density at radius 3 is 2.62 bits per heavy atom. The molecule has 24 heavy (non-hydrogen) atoms. The largest absolute Gasteiger partial charge is 0.450 e. The second-order valence-electron chi connectivity index (χ2n) is 6.04. The Morgan fingerprint density at radius 1 is 1.38 bits per heavy atom. The molecule has 0 bridgehead atoms. The van der Waals surface area contributed by atoms with Gasteiger partial charge in [-0.25, -0.2) is 4.79 Å². The number of halogens is 1. The number of amides is 2. The number of ether oxygens (including phenoxy) is 1. The molecule has 0 spiro atoms. The molecular weight excluding hydrogens is 374 g/mol. The van der Waals surface area contributed by atoms with Crippen LogP contribution in [0.15, 0.2) is 22.7 Å². The highest BCUT2D eigenvalue weighted by Crippen LogP contribution is 2.23. The highest BCUT2D eigenvalue weighted by molar-refractivity contribution is 9.10. The van der Waals surface area contributed by atoms with Crippen molar-refractivity contribution in [2.75, 3.05) is 38.1 Å². The van der Waals surface area contributed by atoms with Gasteiger partial charge in [0.25, 0.3) is 5.91 Å². The average molecular weight is 399 g/mol. The second kappa shape index (κ2) is 8.48. The minimum atomic E-state index is -0.266. The van der Waals surface area contributed by atoms with Crippen LogP contribution in [-0.2, 0) is 9.53 Å². The molecule has 132 valence electrons. The third-order valence-corrected chi connectivity index (χ3v) is 4.98. The lowest BCUT2D eigenvalue weighted by Crippen LogP contribution is -3.19. The van der Waals surface area contributed by atoms with Crippen molar-refractivity contribution in [2.24, 2.45) is 0 Å². The van der Waals surface area contributed by atoms with Crippen LogP contribution in [0, 0.1) is 6.92 Å². The SMILES string of the molecule is CCOC(=O)N1CC[NH+]([C@H](C)C(=O)Nc2ccc(C)cc2Br)CC1. The molecule has 7 heteroatoms. The zero-order chi connectivity index (χ0) is 17.7. The Kier molecular flexibility index (Phi) is 6.62. The summed E-state index contributed by atoms with van der Waals surface area (Å²) in [5, 5.41) is 2.98. The van der Waals surface area contributed by atoms with E-state index in [1.54, 1.807) is 11.8 Å². The smallest absolute Gasteiger partial charge is 0.410 e. The zero-order valence-electron chi connectivity index (χ0n) is 14.4. The van der Waals surface area contributed by atoms with Gasteiger partial charge in [-0.3, -0.25) is 9.69 Å². The van der Waals surface area contributed by atoms with Crippen molar-refractivity contribution in [1.82, 2.24) is 4.90 Å². The fourth-order valence-electron chi connectivity index (χ4n) is 2.77. The van der Waals surface area contributed by atoms with Crippen LogP contribution in [0.4, 0.5) is 10.5 Å². The molecule has 0 aromatic heterocycles. The number of rotatable bonds is 4. The van der Waals surface area contributed by atoms with E-state index >= 15 is 0 Å². The van der Waals surface area contributed by atoms with E-state index in [4.69, 9.17) is 4.74 Å². The van der Waals surface area contributed by atoms with Gasteiger partial charge in [-0.05, 0) is 54.4 Å². The number of nitrogens with zero attached hydrogens (tertiary/aromatic N) is 1. The first-order valence-corrected chi connectivity index (χ1v) is 9.05. The number of piperazine rings is 1. The first kappa shape index (κ1) is 18.7. The molecule has 1 aromatic carbocycles. The molecular formula is C17H25BrN3O3+. The number of anilines is 1. The molecule has 1 heterocycles. The average Bonchev–Trinajstić information content (AvgIpc) is 2.57. The highest BCUT2D eigenvalue weighted by atomic mass is 79.9. The van der Waals surface area contributed by atoms with Crippen molar-refractivity contribution >= 4 is 33.6 Å². The third-order valence-electron chi connectivity index (χ3n) is 4.32. The van der Waals surface area contributed by atoms with E-state index < -0.39 is 0 Å². The summed E-state index contributed by atoms with van der Waals surface area (Å²) in [6.07, 6.45) is -0.266. The summed E-state index contributed by atoms with van der Waals surface area (Å²) in [4.78, 5) is 27.1. The van der Waals surface area contributed by atoms with Gasteiger partial charge in [-0.2, -0.15) is 0 Å². The summed E-state index contributed by atoms with van der Waals surface area (Å²) in [6, 6.07) is 5.67. The maximum Gasteiger partial charge on any atom is 0.410 e. The number of aryl methyl sites for hydroxylation is 1. The van der Waals surface area contributed by atoms with Crippen LogP contribution in [-0.4, -0.2) is 55.7 Å². The maximum atomic E-state index is 12.5. The molecule has 2 amide bonds. The molecule has 1 fully saturated rings. The van der Waals surface area contributed by atoms with Gasteiger partial charge in [0.2, 0.25) is 0 Å². The standard InChI is InChI=1S/C17H24BrN3O3/c1-4-24-17(23)21-9-7-20(8-10-21)13(3)16(22)19-15-6-5-12(2)11-14(15)18/h5-6,11,13H,4,7-10H2,1-3H3,(H,19,22)/p+1/t13-/m1/s1. The van der Waals surface area contributed by atoms with Gasteiger partial charge in [0, 0.05) is 4.47 Å². The molecule has 1 aliphatic rings. The van der Waals surface area contributed by atoms with Crippen LogP contribution in [0.25, 0.3) is 0 Å². The Balaban J connectivity index is 1.89. The Hall–Kier alpha value is -1.60. The summed E-state index contributed by atoms with van der Waals surface area (Å²) in [5.41, 5.74) is 1.91. The second-order valence-corrected chi connectivity index (χ2v) is 6.89. The number of quaternary nitrogens is 1. The Labute approximate surface area is 151 Å².